The first-order chi connectivity index (χ1) is 19.4. The van der Waals surface area contributed by atoms with Crippen LogP contribution in [0.3, 0.4) is 0 Å². The highest BCUT2D eigenvalue weighted by Gasteiger charge is 2.13. The van der Waals surface area contributed by atoms with Crippen molar-refractivity contribution in [3.8, 4) is 22.6 Å². The SMILES string of the molecule is Cc1nc(-c2ccc(-c3ccc(=O)n(Cc4cccc(NC(=O)OCCCN5CCN(C)CC5)c4)n3)cc2)no1. The summed E-state index contributed by atoms with van der Waals surface area (Å²) in [5, 5.41) is 11.3. The van der Waals surface area contributed by atoms with Crippen molar-refractivity contribution in [2.75, 3.05) is 51.7 Å². The largest absolute Gasteiger partial charge is 0.449 e. The van der Waals surface area contributed by atoms with E-state index in [4.69, 9.17) is 9.26 Å². The molecule has 5 rings (SSSR count). The monoisotopic (exact) mass is 543 g/mol. The maximum Gasteiger partial charge on any atom is 0.411 e. The van der Waals surface area contributed by atoms with Gasteiger partial charge >= 0.3 is 6.09 Å². The molecular formula is C29H33N7O4. The molecule has 2 aromatic carbocycles. The van der Waals surface area contributed by atoms with E-state index in [2.05, 4.69) is 37.4 Å². The Bertz CT molecular complexity index is 1490. The highest BCUT2D eigenvalue weighted by atomic mass is 16.5. The van der Waals surface area contributed by atoms with Crippen molar-refractivity contribution < 1.29 is 14.1 Å². The standard InChI is InChI=1S/C29H33N7O4/c1-21-30-28(33-40-21)24-9-7-23(8-10-24)26-11-12-27(37)36(32-26)20-22-5-3-6-25(19-22)31-29(38)39-18-4-13-35-16-14-34(2)15-17-35/h3,5-12,19H,4,13-18,20H2,1-2H3,(H,31,38). The lowest BCUT2D eigenvalue weighted by Crippen LogP contribution is -2.44. The molecule has 0 spiro atoms. The van der Waals surface area contributed by atoms with Crippen molar-refractivity contribution in [1.29, 1.82) is 0 Å². The van der Waals surface area contributed by atoms with Gasteiger partial charge in [-0.2, -0.15) is 10.1 Å². The summed E-state index contributed by atoms with van der Waals surface area (Å²) < 4.78 is 11.8. The molecule has 208 valence electrons. The van der Waals surface area contributed by atoms with E-state index < -0.39 is 6.09 Å². The second kappa shape index (κ2) is 12.7. The molecule has 1 fully saturated rings. The van der Waals surface area contributed by atoms with Gasteiger partial charge in [0.25, 0.3) is 5.56 Å². The van der Waals surface area contributed by atoms with Crippen LogP contribution in [0.4, 0.5) is 10.5 Å². The highest BCUT2D eigenvalue weighted by Crippen LogP contribution is 2.22. The Balaban J connectivity index is 1.16. The minimum atomic E-state index is -0.493. The average Bonchev–Trinajstić information content (AvgIpc) is 3.40. The van der Waals surface area contributed by atoms with Crippen LogP contribution < -0.4 is 10.9 Å². The molecule has 1 amide bonds. The van der Waals surface area contributed by atoms with Crippen molar-refractivity contribution in [1.82, 2.24) is 29.7 Å². The van der Waals surface area contributed by atoms with Crippen LogP contribution in [-0.2, 0) is 11.3 Å². The Morgan fingerprint density at radius 1 is 1.02 bits per heavy atom. The average molecular weight is 544 g/mol. The van der Waals surface area contributed by atoms with Crippen molar-refractivity contribution in [2.45, 2.75) is 19.9 Å². The van der Waals surface area contributed by atoms with E-state index in [9.17, 15) is 9.59 Å². The third kappa shape index (κ3) is 7.19. The van der Waals surface area contributed by atoms with E-state index >= 15 is 0 Å². The van der Waals surface area contributed by atoms with Crippen molar-refractivity contribution >= 4 is 11.8 Å². The number of aryl methyl sites for hydroxylation is 1. The highest BCUT2D eigenvalue weighted by molar-refractivity contribution is 5.84. The minimum absolute atomic E-state index is 0.222. The fraction of sp³-hybridized carbons (Fsp3) is 0.345. The molecule has 11 nitrogen and oxygen atoms in total. The van der Waals surface area contributed by atoms with Gasteiger partial charge in [0.2, 0.25) is 11.7 Å². The second-order valence-corrected chi connectivity index (χ2v) is 9.89. The Kier molecular flexibility index (Phi) is 8.62. The summed E-state index contributed by atoms with van der Waals surface area (Å²) in [4.78, 5) is 33.8. The zero-order valence-electron chi connectivity index (χ0n) is 22.7. The summed E-state index contributed by atoms with van der Waals surface area (Å²) in [6, 6.07) is 18.1. The van der Waals surface area contributed by atoms with Crippen LogP contribution in [0.25, 0.3) is 22.6 Å². The summed E-state index contributed by atoms with van der Waals surface area (Å²) in [6.45, 7) is 7.50. The van der Waals surface area contributed by atoms with Gasteiger partial charge in [-0.15, -0.1) is 0 Å². The third-order valence-electron chi connectivity index (χ3n) is 6.79. The molecule has 0 atom stereocenters. The van der Waals surface area contributed by atoms with Crippen molar-refractivity contribution in [3.05, 3.63) is 82.5 Å². The third-order valence-corrected chi connectivity index (χ3v) is 6.79. The van der Waals surface area contributed by atoms with Crippen LogP contribution in [0, 0.1) is 6.92 Å². The zero-order valence-corrected chi connectivity index (χ0v) is 22.7. The lowest BCUT2D eigenvalue weighted by atomic mass is 10.1. The van der Waals surface area contributed by atoms with E-state index in [-0.39, 0.29) is 12.1 Å². The summed E-state index contributed by atoms with van der Waals surface area (Å²) in [5.74, 6) is 1.02. The maximum absolute atomic E-state index is 12.6. The van der Waals surface area contributed by atoms with Gasteiger partial charge in [-0.1, -0.05) is 41.6 Å². The van der Waals surface area contributed by atoms with Crippen LogP contribution in [-0.4, -0.2) is 82.2 Å². The number of hydrogen-bond acceptors (Lipinski definition) is 9. The van der Waals surface area contributed by atoms with E-state index in [1.807, 2.05) is 42.5 Å². The molecule has 0 saturated carbocycles. The summed E-state index contributed by atoms with van der Waals surface area (Å²) in [5.41, 5.74) is 3.53. The zero-order chi connectivity index (χ0) is 27.9. The molecule has 11 heteroatoms. The van der Waals surface area contributed by atoms with Gasteiger partial charge < -0.3 is 19.1 Å². The van der Waals surface area contributed by atoms with Crippen LogP contribution in [0.1, 0.15) is 17.9 Å². The molecule has 0 bridgehead atoms. The number of rotatable bonds is 9. The van der Waals surface area contributed by atoms with E-state index in [1.54, 1.807) is 19.1 Å². The fourth-order valence-corrected chi connectivity index (χ4v) is 4.52. The first-order valence-electron chi connectivity index (χ1n) is 13.4. The summed E-state index contributed by atoms with van der Waals surface area (Å²) >= 11 is 0. The normalized spacial score (nSPS) is 14.2. The van der Waals surface area contributed by atoms with Gasteiger partial charge in [-0.05, 0) is 37.2 Å². The molecule has 0 aliphatic carbocycles. The predicted molar refractivity (Wildman–Crippen MR) is 151 cm³/mol. The first kappa shape index (κ1) is 27.2. The fourth-order valence-electron chi connectivity index (χ4n) is 4.52. The number of likely N-dealkylation sites (N-methyl/N-ethyl adjacent to an activating group) is 1. The van der Waals surface area contributed by atoms with Gasteiger partial charge in [0.05, 0.1) is 18.8 Å². The van der Waals surface area contributed by atoms with Gasteiger partial charge in [-0.3, -0.25) is 10.1 Å². The number of nitrogens with one attached hydrogen (secondary N) is 1. The molecule has 0 unspecified atom stereocenters. The Morgan fingerprint density at radius 2 is 1.80 bits per heavy atom. The first-order valence-corrected chi connectivity index (χ1v) is 13.4. The molecule has 3 heterocycles. The minimum Gasteiger partial charge on any atom is -0.449 e. The molecule has 40 heavy (non-hydrogen) atoms. The summed E-state index contributed by atoms with van der Waals surface area (Å²) in [7, 11) is 2.13. The number of nitrogens with zero attached hydrogens (tertiary/aromatic N) is 6. The number of amides is 1. The number of anilines is 1. The lowest BCUT2D eigenvalue weighted by Gasteiger charge is -2.32. The van der Waals surface area contributed by atoms with Crippen molar-refractivity contribution in [3.63, 3.8) is 0 Å². The molecule has 1 aliphatic heterocycles. The van der Waals surface area contributed by atoms with Gasteiger partial charge in [-0.25, -0.2) is 9.48 Å². The van der Waals surface area contributed by atoms with Crippen molar-refractivity contribution in [2.24, 2.45) is 0 Å². The molecule has 2 aromatic heterocycles. The number of ether oxygens (including phenoxy) is 1. The van der Waals surface area contributed by atoms with Crippen LogP contribution in [0.2, 0.25) is 0 Å². The van der Waals surface area contributed by atoms with E-state index in [0.29, 0.717) is 29.7 Å². The number of carbonyl (C=O) groups excluding carboxylic acids is 1. The lowest BCUT2D eigenvalue weighted by molar-refractivity contribution is 0.130. The Hall–Kier alpha value is -4.35. The number of hydrogen-bond donors (Lipinski definition) is 1. The number of aromatic nitrogens is 4. The van der Waals surface area contributed by atoms with E-state index in [1.165, 1.54) is 10.7 Å². The number of piperazine rings is 1. The molecular weight excluding hydrogens is 510 g/mol. The van der Waals surface area contributed by atoms with Gasteiger partial charge in [0.1, 0.15) is 0 Å². The smallest absolute Gasteiger partial charge is 0.411 e. The van der Waals surface area contributed by atoms with Gasteiger partial charge in [0, 0.05) is 62.5 Å². The van der Waals surface area contributed by atoms with Crippen LogP contribution >= 0.6 is 0 Å². The summed E-state index contributed by atoms with van der Waals surface area (Å²) in [6.07, 6.45) is 0.300. The quantitative estimate of drug-likeness (QED) is 0.316. The topological polar surface area (TPSA) is 119 Å². The van der Waals surface area contributed by atoms with Crippen LogP contribution in [0.5, 0.6) is 0 Å². The number of carbonyl (C=O) groups is 1. The molecule has 1 aliphatic rings. The van der Waals surface area contributed by atoms with Crippen LogP contribution in [0.15, 0.2) is 70.0 Å². The molecule has 0 radical (unpaired) electrons. The predicted octanol–water partition coefficient (Wildman–Crippen LogP) is 3.50. The maximum atomic E-state index is 12.6. The Morgan fingerprint density at radius 3 is 2.55 bits per heavy atom. The van der Waals surface area contributed by atoms with Gasteiger partial charge in [0.15, 0.2) is 0 Å². The number of benzene rings is 2. The molecule has 1 N–H and O–H groups in total. The molecule has 4 aromatic rings. The van der Waals surface area contributed by atoms with E-state index in [0.717, 1.165) is 55.8 Å². The second-order valence-electron chi connectivity index (χ2n) is 9.89. The molecule has 1 saturated heterocycles. The Labute approximate surface area is 232 Å².